The summed E-state index contributed by atoms with van der Waals surface area (Å²) in [6, 6.07) is 13.4. The quantitative estimate of drug-likeness (QED) is 0.769. The van der Waals surface area contributed by atoms with Gasteiger partial charge in [-0.1, -0.05) is 18.2 Å². The fraction of sp³-hybridized carbons (Fsp3) is 0.0667. The molecule has 19 heavy (non-hydrogen) atoms. The summed E-state index contributed by atoms with van der Waals surface area (Å²) in [5.74, 6) is -0.551. The van der Waals surface area contributed by atoms with Crippen molar-refractivity contribution in [2.45, 2.75) is 6.54 Å². The highest BCUT2D eigenvalue weighted by molar-refractivity contribution is 6.35. The minimum Gasteiger partial charge on any atom is -0.283 e. The summed E-state index contributed by atoms with van der Waals surface area (Å²) in [6.07, 6.45) is 1.31. The maximum atomic E-state index is 13.0. The molecule has 3 nitrogen and oxygen atoms in total. The van der Waals surface area contributed by atoms with E-state index in [0.29, 0.717) is 12.2 Å². The number of hydrogen-bond donors (Lipinski definition) is 0. The lowest BCUT2D eigenvalue weighted by Crippen LogP contribution is -2.26. The molecular weight excluding hydrogens is 243 g/mol. The Bertz CT molecular complexity index is 649. The lowest BCUT2D eigenvalue weighted by molar-refractivity contribution is -0.111. The number of carbonyl (C=O) groups is 1. The summed E-state index contributed by atoms with van der Waals surface area (Å²) >= 11 is 0. The van der Waals surface area contributed by atoms with Gasteiger partial charge in [0.2, 0.25) is 0 Å². The summed E-state index contributed by atoms with van der Waals surface area (Å²) in [4.78, 5) is 17.8. The van der Waals surface area contributed by atoms with Crippen LogP contribution in [0, 0.1) is 5.82 Å². The van der Waals surface area contributed by atoms with Crippen molar-refractivity contribution in [1.29, 1.82) is 0 Å². The van der Waals surface area contributed by atoms with Crippen molar-refractivity contribution >= 4 is 23.5 Å². The summed E-state index contributed by atoms with van der Waals surface area (Å²) in [6.45, 7) is 0.472. The van der Waals surface area contributed by atoms with Gasteiger partial charge in [-0.25, -0.2) is 4.39 Å². The molecule has 2 aromatic rings. The molecule has 1 aliphatic heterocycles. The third-order valence-electron chi connectivity index (χ3n) is 3.00. The summed E-state index contributed by atoms with van der Waals surface area (Å²) in [5.41, 5.74) is 2.39. The summed E-state index contributed by atoms with van der Waals surface area (Å²) < 4.78 is 13.0. The third kappa shape index (κ3) is 2.12. The zero-order chi connectivity index (χ0) is 13.2. The van der Waals surface area contributed by atoms with Gasteiger partial charge >= 0.3 is 0 Å². The van der Waals surface area contributed by atoms with Crippen molar-refractivity contribution < 1.29 is 9.18 Å². The first-order valence-electron chi connectivity index (χ1n) is 5.93. The normalized spacial score (nSPS) is 14.2. The second-order valence-electron chi connectivity index (χ2n) is 4.25. The van der Waals surface area contributed by atoms with Crippen LogP contribution in [0.3, 0.4) is 0 Å². The van der Waals surface area contributed by atoms with Crippen LogP contribution in [0.5, 0.6) is 0 Å². The molecule has 0 N–H and O–H groups in total. The van der Waals surface area contributed by atoms with Crippen LogP contribution in [-0.2, 0) is 11.3 Å². The molecule has 2 aromatic carbocycles. The number of hydrogen-bond acceptors (Lipinski definition) is 2. The van der Waals surface area contributed by atoms with Crippen molar-refractivity contribution in [1.82, 2.24) is 0 Å². The van der Waals surface area contributed by atoms with Gasteiger partial charge in [0.15, 0.2) is 0 Å². The number of para-hydroxylation sites is 1. The Morgan fingerprint density at radius 3 is 2.58 bits per heavy atom. The van der Waals surface area contributed by atoms with E-state index in [1.807, 2.05) is 24.3 Å². The van der Waals surface area contributed by atoms with Gasteiger partial charge in [-0.15, -0.1) is 0 Å². The smallest absolute Gasteiger partial charge is 0.273 e. The second kappa shape index (κ2) is 4.65. The molecule has 0 bridgehead atoms. The van der Waals surface area contributed by atoms with Crippen LogP contribution < -0.4 is 4.90 Å². The van der Waals surface area contributed by atoms with Crippen LogP contribution in [0.1, 0.15) is 5.56 Å². The van der Waals surface area contributed by atoms with E-state index in [4.69, 9.17) is 0 Å². The maximum absolute atomic E-state index is 13.0. The van der Waals surface area contributed by atoms with E-state index in [1.54, 1.807) is 17.0 Å². The van der Waals surface area contributed by atoms with E-state index in [1.165, 1.54) is 18.3 Å². The minimum atomic E-state index is -0.326. The average molecular weight is 254 g/mol. The number of carbonyl (C=O) groups excluding carboxylic acids is 1. The monoisotopic (exact) mass is 254 g/mol. The Hall–Kier alpha value is -2.49. The predicted molar refractivity (Wildman–Crippen MR) is 72.2 cm³/mol. The van der Waals surface area contributed by atoms with E-state index >= 15 is 0 Å². The Balaban J connectivity index is 2.15. The van der Waals surface area contributed by atoms with E-state index in [0.717, 1.165) is 11.3 Å². The van der Waals surface area contributed by atoms with Gasteiger partial charge in [-0.3, -0.25) is 14.7 Å². The summed E-state index contributed by atoms with van der Waals surface area (Å²) in [5, 5.41) is 0. The van der Waals surface area contributed by atoms with Gasteiger partial charge in [0, 0.05) is 5.69 Å². The molecule has 0 atom stereocenters. The van der Waals surface area contributed by atoms with Crippen molar-refractivity contribution in [3.05, 3.63) is 59.9 Å². The van der Waals surface area contributed by atoms with Gasteiger partial charge in [-0.05, 0) is 35.9 Å². The maximum Gasteiger partial charge on any atom is 0.273 e. The SMILES string of the molecule is O=C1C=NCc2ccccc2N1c1ccc(F)cc1. The molecule has 94 valence electrons. The largest absolute Gasteiger partial charge is 0.283 e. The lowest BCUT2D eigenvalue weighted by atomic mass is 10.1. The standard InChI is InChI=1S/C15H11FN2O/c16-12-5-7-13(8-6-12)18-14-4-2-1-3-11(14)9-17-10-15(18)19/h1-8,10H,9H2. The number of fused-ring (bicyclic) bond motifs is 1. The Kier molecular flexibility index (Phi) is 2.83. The number of halogens is 1. The molecule has 4 heteroatoms. The molecule has 0 saturated carbocycles. The van der Waals surface area contributed by atoms with E-state index in [9.17, 15) is 9.18 Å². The van der Waals surface area contributed by atoms with Crippen LogP contribution in [0.4, 0.5) is 15.8 Å². The number of rotatable bonds is 1. The van der Waals surface area contributed by atoms with E-state index < -0.39 is 0 Å². The molecule has 1 aliphatic rings. The van der Waals surface area contributed by atoms with Crippen LogP contribution in [0.15, 0.2) is 53.5 Å². The first-order valence-corrected chi connectivity index (χ1v) is 5.93. The highest BCUT2D eigenvalue weighted by Gasteiger charge is 2.21. The molecule has 0 spiro atoms. The number of benzene rings is 2. The molecule has 3 rings (SSSR count). The second-order valence-corrected chi connectivity index (χ2v) is 4.25. The zero-order valence-corrected chi connectivity index (χ0v) is 10.1. The summed E-state index contributed by atoms with van der Waals surface area (Å²) in [7, 11) is 0. The topological polar surface area (TPSA) is 32.7 Å². The molecule has 1 amide bonds. The van der Waals surface area contributed by atoms with Gasteiger partial charge in [0.25, 0.3) is 5.91 Å². The van der Waals surface area contributed by atoms with Crippen LogP contribution >= 0.6 is 0 Å². The van der Waals surface area contributed by atoms with Crippen molar-refractivity contribution in [2.75, 3.05) is 4.90 Å². The van der Waals surface area contributed by atoms with Gasteiger partial charge < -0.3 is 0 Å². The van der Waals surface area contributed by atoms with Gasteiger partial charge in [0.05, 0.1) is 18.4 Å². The lowest BCUT2D eigenvalue weighted by Gasteiger charge is -2.22. The van der Waals surface area contributed by atoms with Gasteiger partial charge in [0.1, 0.15) is 5.82 Å². The van der Waals surface area contributed by atoms with Crippen molar-refractivity contribution in [3.8, 4) is 0 Å². The first kappa shape index (κ1) is 11.6. The molecule has 0 fully saturated rings. The molecule has 0 radical (unpaired) electrons. The number of amides is 1. The average Bonchev–Trinajstić information content (AvgIpc) is 2.58. The highest BCUT2D eigenvalue weighted by atomic mass is 19.1. The zero-order valence-electron chi connectivity index (χ0n) is 10.1. The van der Waals surface area contributed by atoms with Gasteiger partial charge in [-0.2, -0.15) is 0 Å². The number of aliphatic imine (C=N–C) groups is 1. The Morgan fingerprint density at radius 2 is 1.79 bits per heavy atom. The van der Waals surface area contributed by atoms with Crippen molar-refractivity contribution in [3.63, 3.8) is 0 Å². The van der Waals surface area contributed by atoms with Crippen LogP contribution in [-0.4, -0.2) is 12.1 Å². The Labute approximate surface area is 110 Å². The first-order chi connectivity index (χ1) is 9.25. The van der Waals surface area contributed by atoms with Crippen molar-refractivity contribution in [2.24, 2.45) is 4.99 Å². The molecule has 0 saturated heterocycles. The van der Waals surface area contributed by atoms with E-state index in [2.05, 4.69) is 4.99 Å². The molecular formula is C15H11FN2O. The highest BCUT2D eigenvalue weighted by Crippen LogP contribution is 2.30. The van der Waals surface area contributed by atoms with Crippen LogP contribution in [0.2, 0.25) is 0 Å². The molecule has 0 unspecified atom stereocenters. The molecule has 0 aliphatic carbocycles. The number of nitrogens with zero attached hydrogens (tertiary/aromatic N) is 2. The fourth-order valence-corrected chi connectivity index (χ4v) is 2.12. The number of anilines is 2. The molecule has 1 heterocycles. The fourth-order valence-electron chi connectivity index (χ4n) is 2.12. The predicted octanol–water partition coefficient (Wildman–Crippen LogP) is 3.07. The molecule has 0 aromatic heterocycles. The third-order valence-corrected chi connectivity index (χ3v) is 3.00. The van der Waals surface area contributed by atoms with Crippen LogP contribution in [0.25, 0.3) is 0 Å². The van der Waals surface area contributed by atoms with E-state index in [-0.39, 0.29) is 11.7 Å². The Morgan fingerprint density at radius 1 is 1.05 bits per heavy atom. The minimum absolute atomic E-state index is 0.225.